The molecule has 4 aliphatic heterocycles. The van der Waals surface area contributed by atoms with Gasteiger partial charge in [0.1, 0.15) is 48.4 Å². The van der Waals surface area contributed by atoms with E-state index in [2.05, 4.69) is 111 Å². The maximum atomic E-state index is 17.1. The van der Waals surface area contributed by atoms with Crippen LogP contribution in [0.1, 0.15) is 142 Å². The van der Waals surface area contributed by atoms with Crippen LogP contribution in [0.3, 0.4) is 0 Å². The summed E-state index contributed by atoms with van der Waals surface area (Å²) < 4.78 is 127. The Morgan fingerprint density at radius 2 is 1.13 bits per heavy atom. The van der Waals surface area contributed by atoms with Gasteiger partial charge in [-0.3, -0.25) is 28.3 Å². The van der Waals surface area contributed by atoms with Gasteiger partial charge in [0.25, 0.3) is 0 Å². The van der Waals surface area contributed by atoms with Crippen LogP contribution in [-0.2, 0) is 50.5 Å². The molecule has 7 aromatic rings. The van der Waals surface area contributed by atoms with Crippen molar-refractivity contribution in [1.82, 2.24) is 63.6 Å². The predicted octanol–water partition coefficient (Wildman–Crippen LogP) is 9.26. The Labute approximate surface area is 640 Å². The molecule has 0 aliphatic carbocycles. The van der Waals surface area contributed by atoms with Crippen molar-refractivity contribution in [2.75, 3.05) is 100 Å². The first-order valence-corrected chi connectivity index (χ1v) is 42.2. The van der Waals surface area contributed by atoms with Crippen LogP contribution in [0.5, 0.6) is 5.75 Å². The lowest BCUT2D eigenvalue weighted by Crippen LogP contribution is -2.66. The molecule has 0 unspecified atom stereocenters. The molecule has 110 heavy (non-hydrogen) atoms. The Bertz CT molecular complexity index is 4340. The minimum atomic E-state index is -4.35. The van der Waals surface area contributed by atoms with Crippen LogP contribution < -0.4 is 41.1 Å². The minimum absolute atomic E-state index is 0.0146. The molecule has 0 saturated carbocycles. The van der Waals surface area contributed by atoms with E-state index in [1.54, 1.807) is 85.8 Å². The molecule has 14 atom stereocenters. The molecule has 6 aromatic heterocycles. The summed E-state index contributed by atoms with van der Waals surface area (Å²) in [5.74, 6) is 0.806. The van der Waals surface area contributed by atoms with Crippen molar-refractivity contribution in [3.05, 3.63) is 49.3 Å². The summed E-state index contributed by atoms with van der Waals surface area (Å²) in [6.07, 6.45) is -5.32. The van der Waals surface area contributed by atoms with Gasteiger partial charge < -0.3 is 82.7 Å². The number of alkyl halides is 3. The van der Waals surface area contributed by atoms with Crippen molar-refractivity contribution in [2.24, 2.45) is 0 Å². The van der Waals surface area contributed by atoms with Gasteiger partial charge in [-0.1, -0.05) is 93.4 Å². The van der Waals surface area contributed by atoms with Gasteiger partial charge in [0.05, 0.1) is 51.5 Å². The Morgan fingerprint density at radius 3 is 1.58 bits per heavy atom. The predicted molar refractivity (Wildman–Crippen MR) is 410 cm³/mol. The highest BCUT2D eigenvalue weighted by Gasteiger charge is 2.66. The molecule has 1 aromatic carbocycles. The highest BCUT2D eigenvalue weighted by Crippen LogP contribution is 2.54. The maximum Gasteiger partial charge on any atom is 0.459 e. The van der Waals surface area contributed by atoms with E-state index in [4.69, 9.17) is 57.2 Å². The van der Waals surface area contributed by atoms with Crippen LogP contribution in [0.25, 0.3) is 33.5 Å². The monoisotopic (exact) mass is 1600 g/mol. The topological polar surface area (TPSA) is 421 Å². The molecule has 11 rings (SSSR count). The number of aliphatic hydroxyl groups excluding tert-OH is 3. The molecule has 4 saturated heterocycles. The second-order valence-electron chi connectivity index (χ2n) is 30.5. The van der Waals surface area contributed by atoms with Crippen molar-refractivity contribution in [3.8, 4) is 5.75 Å². The van der Waals surface area contributed by atoms with Crippen LogP contribution in [0.4, 0.5) is 53.3 Å². The molecule has 4 aliphatic rings. The number of nitrogens with zero attached hydrogens (tertiary/aromatic N) is 15. The molecule has 610 valence electrons. The summed E-state index contributed by atoms with van der Waals surface area (Å²) in [5, 5.41) is 35.4. The van der Waals surface area contributed by atoms with Crippen molar-refractivity contribution in [3.63, 3.8) is 0 Å². The normalized spacial score (nSPS) is 26.6. The van der Waals surface area contributed by atoms with Crippen LogP contribution >= 0.6 is 7.75 Å². The number of nitrogens with two attached hydrogens (primary N) is 2. The van der Waals surface area contributed by atoms with Crippen molar-refractivity contribution in [2.45, 2.75) is 230 Å². The van der Waals surface area contributed by atoms with E-state index in [9.17, 15) is 33.9 Å². The molecule has 0 radical (unpaired) electrons. The number of aliphatic hydroxyl groups is 3. The van der Waals surface area contributed by atoms with Gasteiger partial charge in [0.2, 0.25) is 17.8 Å². The fourth-order valence-electron chi connectivity index (χ4n) is 13.8. The average molecular weight is 1600 g/mol. The molecule has 1 amide bonds. The fraction of sp³-hybridized carbons (Fsp3) is 0.667. The van der Waals surface area contributed by atoms with E-state index in [0.29, 0.717) is 46.2 Å². The zero-order valence-corrected chi connectivity index (χ0v) is 69.2. The number of nitrogen functional groups attached to an aromatic ring is 2. The second-order valence-corrected chi connectivity index (χ2v) is 41.0. The third-order valence-corrected chi connectivity index (χ3v) is 31.4. The lowest BCUT2D eigenvalue weighted by molar-refractivity contribution is -0.149. The SMILES string of the molecule is CC(C)[Si]1(C(C)C)OC[C@H]2O[C@@H](n3cnc4c(N(C)C)nc(N)nc43)[C@](C)(F)[C@@H]2O[Si](C(C)C)(C(C)C)O1.CCCCCOC(=O)Nc1nc(N(C)C)c2ncn([C@@H]3O[C@H](CO[P@@](=O)(N[C@@H](C)C(=O)OC(C)C)Oc4ccccc4)[C@@H](O)[C@@]3(C)F)c2n1.CN(C)c1nc(N)nc2c1ncn2[C@@H]1O[C@H](CO)[C@@H](O)[C@@]1(C)F. The van der Waals surface area contributed by atoms with Crippen LogP contribution in [0, 0.1) is 0 Å². The lowest BCUT2D eigenvalue weighted by Gasteiger charge is -2.51. The minimum Gasteiger partial charge on any atom is -0.462 e. The number of esters is 1. The van der Waals surface area contributed by atoms with Crippen molar-refractivity contribution < 1.29 is 88.3 Å². The number of nitrogens with one attached hydrogen (secondary N) is 2. The second kappa shape index (κ2) is 34.4. The number of hydrogen-bond acceptors (Lipinski definition) is 30. The van der Waals surface area contributed by atoms with Gasteiger partial charge in [-0.25, -0.2) is 37.5 Å². The van der Waals surface area contributed by atoms with Gasteiger partial charge in [-0.2, -0.15) is 35.0 Å². The van der Waals surface area contributed by atoms with E-state index in [1.807, 2.05) is 21.0 Å². The number of ether oxygens (including phenoxy) is 5. The number of rotatable bonds is 25. The number of fused-ring (bicyclic) bond motifs is 4. The Kier molecular flexibility index (Phi) is 27.0. The Hall–Kier alpha value is -7.58. The number of unbranched alkanes of at least 4 members (excludes halogenated alkanes) is 2. The molecule has 0 bridgehead atoms. The number of para-hydroxylation sites is 1. The third kappa shape index (κ3) is 17.8. The van der Waals surface area contributed by atoms with Gasteiger partial charge in [-0.15, -0.1) is 0 Å². The first-order valence-electron chi connectivity index (χ1n) is 36.7. The summed E-state index contributed by atoms with van der Waals surface area (Å²) in [7, 11) is 0.530. The summed E-state index contributed by atoms with van der Waals surface area (Å²) in [5.41, 5.74) is 7.80. The molecule has 35 nitrogen and oxygen atoms in total. The van der Waals surface area contributed by atoms with Gasteiger partial charge in [0, 0.05) is 42.3 Å². The zero-order valence-electron chi connectivity index (χ0n) is 66.3. The summed E-state index contributed by atoms with van der Waals surface area (Å²) in [6, 6.07) is 6.98. The van der Waals surface area contributed by atoms with Crippen LogP contribution in [0.15, 0.2) is 49.3 Å². The molecule has 41 heteroatoms. The number of aromatic nitrogens is 12. The maximum absolute atomic E-state index is 17.1. The van der Waals surface area contributed by atoms with E-state index in [1.165, 1.54) is 54.7 Å². The number of imidazole rings is 3. The smallest absolute Gasteiger partial charge is 0.459 e. The highest BCUT2D eigenvalue weighted by atomic mass is 31.2. The Balaban J connectivity index is 0.000000202. The number of benzene rings is 1. The Morgan fingerprint density at radius 1 is 0.664 bits per heavy atom. The fourth-order valence-corrected chi connectivity index (χ4v) is 26.5. The summed E-state index contributed by atoms with van der Waals surface area (Å²) in [6.45, 7) is 27.1. The third-order valence-electron chi connectivity index (χ3n) is 19.5. The largest absolute Gasteiger partial charge is 0.462 e. The molecule has 0 spiro atoms. The number of hydrogen-bond donors (Lipinski definition) is 7. The van der Waals surface area contributed by atoms with Gasteiger partial charge in [0.15, 0.2) is 86.6 Å². The number of halogens is 3. The summed E-state index contributed by atoms with van der Waals surface area (Å²) in [4.78, 5) is 68.9. The zero-order chi connectivity index (χ0) is 81.2. The van der Waals surface area contributed by atoms with E-state index in [-0.39, 0.29) is 70.1 Å². The first-order chi connectivity index (χ1) is 51.5. The number of carbonyl (C=O) groups excluding carboxylic acids is 2. The highest BCUT2D eigenvalue weighted by molar-refractivity contribution is 7.52. The number of amides is 1. The lowest BCUT2D eigenvalue weighted by atomic mass is 9.98. The van der Waals surface area contributed by atoms with Crippen LogP contribution in [0.2, 0.25) is 22.2 Å². The van der Waals surface area contributed by atoms with E-state index in [0.717, 1.165) is 19.8 Å². The van der Waals surface area contributed by atoms with Gasteiger partial charge >= 0.3 is 36.9 Å². The van der Waals surface area contributed by atoms with E-state index < -0.39 is 135 Å². The molecule has 4 fully saturated rings. The first kappa shape index (κ1) is 86.4. The standard InChI is InChI=1S/C31H45FN7O9P.C25H45FN6O4Si2.C13H19FN6O3/c1-8-9-13-16-44-30(42)36-29-34-25(38(6)7)23-26(35-29)39(18-33-23)28-31(5,32)24(40)22(47-28)17-45-49(43,48-21-14-11-10-12-15-21)37-20(4)27(41)46-19(2)3;1-14(2)37(15(3)4)33-12-18-20(35-38(36-37,16(5)6)17(7)8)25(9,26)23(34-18)32-13-28-19-21(31(10)11)29-24(27)30-22(19)32;1-13(14)8(22)6(4-21)23-11(13)20-5-16-7-9(19(2)3)17-12(15)18-10(7)20/h10-12,14-15,18-20,22,24,28,40H,8-9,13,16-17H2,1-7H3,(H,37,43)(H,34,35,36,42);13-18,20,23H,12H2,1-11H3,(H2,27,29,30);5-6,8,11,21-22H,4H2,1-3H3,(H2,15,17,18)/t20-,22+,24+,28+,31+,49-;18-,20-,23-,25-;6-,8-,11-,13-/m011/s1. The molecule has 9 N–H and O–H groups in total. The average Bonchev–Trinajstić information content (AvgIpc) is 1.10. The molecule has 10 heterocycles. The van der Waals surface area contributed by atoms with Crippen molar-refractivity contribution in [1.29, 1.82) is 0 Å². The molecular weight excluding hydrogens is 1500 g/mol. The van der Waals surface area contributed by atoms with E-state index >= 15 is 8.78 Å². The van der Waals surface area contributed by atoms with Crippen molar-refractivity contribution >= 4 is 106 Å². The molecular formula is C69H109F3N19O16PSi2. The number of anilines is 6. The quantitative estimate of drug-likeness (QED) is 0.0121. The van der Waals surface area contributed by atoms with Crippen LogP contribution in [-0.4, -0.2) is 238 Å². The number of carbonyl (C=O) groups is 2. The summed E-state index contributed by atoms with van der Waals surface area (Å²) >= 11 is 0. The van der Waals surface area contributed by atoms with Gasteiger partial charge in [-0.05, 0) is 82.3 Å².